The first-order chi connectivity index (χ1) is 8.47. The van der Waals surface area contributed by atoms with E-state index >= 15 is 0 Å². The van der Waals surface area contributed by atoms with Crippen molar-refractivity contribution in [2.45, 2.75) is 32.4 Å². The van der Waals surface area contributed by atoms with Gasteiger partial charge in [0.1, 0.15) is 0 Å². The van der Waals surface area contributed by atoms with Gasteiger partial charge in [-0.3, -0.25) is 14.6 Å². The lowest BCUT2D eigenvalue weighted by Crippen LogP contribution is -2.26. The normalized spacial score (nSPS) is 19.4. The maximum atomic E-state index is 12.0. The molecule has 1 aliphatic heterocycles. The molecule has 0 aromatic carbocycles. The zero-order chi connectivity index (χ0) is 13.3. The Morgan fingerprint density at radius 2 is 2.17 bits per heavy atom. The average molecular weight is 264 g/mol. The Morgan fingerprint density at radius 1 is 1.44 bits per heavy atom. The summed E-state index contributed by atoms with van der Waals surface area (Å²) < 4.78 is 0. The van der Waals surface area contributed by atoms with Crippen LogP contribution in [0, 0.1) is 13.8 Å². The third kappa shape index (κ3) is 2.72. The number of aromatic nitrogens is 1. The summed E-state index contributed by atoms with van der Waals surface area (Å²) in [6, 6.07) is 3.83. The molecule has 1 amide bonds. The van der Waals surface area contributed by atoms with Gasteiger partial charge >= 0.3 is 0 Å². The summed E-state index contributed by atoms with van der Waals surface area (Å²) in [7, 11) is 0. The number of thioether (sulfide) groups is 1. The van der Waals surface area contributed by atoms with E-state index in [1.807, 2.05) is 26.0 Å². The second kappa shape index (κ2) is 5.10. The predicted molar refractivity (Wildman–Crippen MR) is 72.7 cm³/mol. The molecule has 0 N–H and O–H groups in total. The highest BCUT2D eigenvalue weighted by Crippen LogP contribution is 2.29. The van der Waals surface area contributed by atoms with Gasteiger partial charge in [0, 0.05) is 30.8 Å². The van der Waals surface area contributed by atoms with Crippen molar-refractivity contribution >= 4 is 28.5 Å². The summed E-state index contributed by atoms with van der Waals surface area (Å²) in [5, 5.41) is 0.129. The molecule has 96 valence electrons. The van der Waals surface area contributed by atoms with E-state index in [-0.39, 0.29) is 16.3 Å². The molecular formula is C13H16N2O2S. The molecule has 0 radical (unpaired) electrons. The van der Waals surface area contributed by atoms with Crippen molar-refractivity contribution in [3.8, 4) is 0 Å². The van der Waals surface area contributed by atoms with Crippen LogP contribution in [0.2, 0.25) is 0 Å². The summed E-state index contributed by atoms with van der Waals surface area (Å²) in [6.45, 7) is 5.96. The van der Waals surface area contributed by atoms with E-state index in [4.69, 9.17) is 0 Å². The molecule has 0 spiro atoms. The van der Waals surface area contributed by atoms with E-state index in [1.54, 1.807) is 4.90 Å². The standard InChI is InChI=1S/C13H16N2O2S/c1-8-4-5-12(9(2)14-8)15-7-11(6-13(15)17)18-10(3)16/h4-5,11H,6-7H2,1-3H3. The second-order valence-electron chi connectivity index (χ2n) is 4.50. The molecule has 18 heavy (non-hydrogen) atoms. The first-order valence-electron chi connectivity index (χ1n) is 5.89. The van der Waals surface area contributed by atoms with Crippen LogP contribution in [0.3, 0.4) is 0 Å². The largest absolute Gasteiger partial charge is 0.309 e. The number of aryl methyl sites for hydroxylation is 2. The Hall–Kier alpha value is -1.36. The molecule has 1 aliphatic rings. The van der Waals surface area contributed by atoms with Crippen LogP contribution in [0.1, 0.15) is 24.7 Å². The number of pyridine rings is 1. The summed E-state index contributed by atoms with van der Waals surface area (Å²) in [4.78, 5) is 29.2. The molecule has 1 atom stereocenters. The number of anilines is 1. The third-order valence-electron chi connectivity index (χ3n) is 2.91. The van der Waals surface area contributed by atoms with Gasteiger partial charge in [0.05, 0.1) is 11.4 Å². The maximum Gasteiger partial charge on any atom is 0.228 e. The molecule has 2 rings (SSSR count). The fourth-order valence-electron chi connectivity index (χ4n) is 2.19. The van der Waals surface area contributed by atoms with Gasteiger partial charge in [-0.25, -0.2) is 0 Å². The molecule has 1 aromatic heterocycles. The van der Waals surface area contributed by atoms with E-state index in [0.29, 0.717) is 13.0 Å². The van der Waals surface area contributed by atoms with Crippen molar-refractivity contribution < 1.29 is 9.59 Å². The van der Waals surface area contributed by atoms with Crippen molar-refractivity contribution in [3.05, 3.63) is 23.5 Å². The monoisotopic (exact) mass is 264 g/mol. The number of carbonyl (C=O) groups is 2. The average Bonchev–Trinajstić information content (AvgIpc) is 2.58. The lowest BCUT2D eigenvalue weighted by Gasteiger charge is -2.18. The molecule has 0 aliphatic carbocycles. The zero-order valence-electron chi connectivity index (χ0n) is 10.8. The molecule has 0 bridgehead atoms. The van der Waals surface area contributed by atoms with Gasteiger partial charge in [-0.1, -0.05) is 11.8 Å². The molecule has 1 aromatic rings. The Kier molecular flexibility index (Phi) is 3.71. The quantitative estimate of drug-likeness (QED) is 0.820. The van der Waals surface area contributed by atoms with Crippen LogP contribution in [-0.2, 0) is 9.59 Å². The summed E-state index contributed by atoms with van der Waals surface area (Å²) in [6.07, 6.45) is 0.428. The van der Waals surface area contributed by atoms with E-state index in [9.17, 15) is 9.59 Å². The predicted octanol–water partition coefficient (Wildman–Crippen LogP) is 2.08. The van der Waals surface area contributed by atoms with Crippen molar-refractivity contribution in [1.29, 1.82) is 0 Å². The molecule has 1 fully saturated rings. The van der Waals surface area contributed by atoms with Crippen LogP contribution in [0.15, 0.2) is 12.1 Å². The Labute approximate surface area is 111 Å². The molecular weight excluding hydrogens is 248 g/mol. The van der Waals surface area contributed by atoms with Crippen molar-refractivity contribution in [1.82, 2.24) is 4.98 Å². The van der Waals surface area contributed by atoms with Crippen LogP contribution in [-0.4, -0.2) is 27.8 Å². The molecule has 5 heteroatoms. The number of amides is 1. The minimum absolute atomic E-state index is 0.0633. The van der Waals surface area contributed by atoms with Gasteiger partial charge in [0.2, 0.25) is 5.91 Å². The summed E-state index contributed by atoms with van der Waals surface area (Å²) in [5.74, 6) is 0.0718. The van der Waals surface area contributed by atoms with Crippen molar-refractivity contribution in [3.63, 3.8) is 0 Å². The second-order valence-corrected chi connectivity index (χ2v) is 5.97. The number of carbonyl (C=O) groups excluding carboxylic acids is 2. The maximum absolute atomic E-state index is 12.0. The van der Waals surface area contributed by atoms with Crippen LogP contribution in [0.4, 0.5) is 5.69 Å². The first kappa shape index (κ1) is 13.1. The SMILES string of the molecule is CC(=O)SC1CC(=O)N(c2ccc(C)nc2C)C1. The molecule has 1 unspecified atom stereocenters. The Bertz CT molecular complexity index is 502. The highest BCUT2D eigenvalue weighted by molar-refractivity contribution is 8.14. The smallest absolute Gasteiger partial charge is 0.228 e. The number of hydrogen-bond acceptors (Lipinski definition) is 4. The number of nitrogens with zero attached hydrogens (tertiary/aromatic N) is 2. The van der Waals surface area contributed by atoms with Gasteiger partial charge < -0.3 is 4.90 Å². The van der Waals surface area contributed by atoms with Crippen molar-refractivity contribution in [2.24, 2.45) is 0 Å². The minimum atomic E-state index is 0.0633. The van der Waals surface area contributed by atoms with Crippen molar-refractivity contribution in [2.75, 3.05) is 11.4 Å². The van der Waals surface area contributed by atoms with E-state index in [0.717, 1.165) is 17.1 Å². The van der Waals surface area contributed by atoms with E-state index in [2.05, 4.69) is 4.98 Å². The highest BCUT2D eigenvalue weighted by Gasteiger charge is 2.32. The van der Waals surface area contributed by atoms with E-state index < -0.39 is 0 Å². The first-order valence-corrected chi connectivity index (χ1v) is 6.77. The summed E-state index contributed by atoms with van der Waals surface area (Å²) >= 11 is 1.25. The molecule has 4 nitrogen and oxygen atoms in total. The zero-order valence-corrected chi connectivity index (χ0v) is 11.6. The topological polar surface area (TPSA) is 50.3 Å². The van der Waals surface area contributed by atoms with Gasteiger partial charge in [0.15, 0.2) is 5.12 Å². The fraction of sp³-hybridized carbons (Fsp3) is 0.462. The number of rotatable bonds is 2. The van der Waals surface area contributed by atoms with Gasteiger partial charge in [-0.05, 0) is 26.0 Å². The van der Waals surface area contributed by atoms with Crippen LogP contribution in [0.25, 0.3) is 0 Å². The number of hydrogen-bond donors (Lipinski definition) is 0. The van der Waals surface area contributed by atoms with Gasteiger partial charge in [0.25, 0.3) is 0 Å². The summed E-state index contributed by atoms with van der Waals surface area (Å²) in [5.41, 5.74) is 2.66. The Morgan fingerprint density at radius 3 is 2.78 bits per heavy atom. The third-order valence-corrected chi connectivity index (χ3v) is 3.89. The Balaban J connectivity index is 2.19. The highest BCUT2D eigenvalue weighted by atomic mass is 32.2. The molecule has 0 saturated carbocycles. The fourth-order valence-corrected chi connectivity index (χ4v) is 3.10. The van der Waals surface area contributed by atoms with Crippen LogP contribution >= 0.6 is 11.8 Å². The molecule has 1 saturated heterocycles. The lowest BCUT2D eigenvalue weighted by atomic mass is 10.2. The van der Waals surface area contributed by atoms with Crippen LogP contribution < -0.4 is 4.90 Å². The van der Waals surface area contributed by atoms with E-state index in [1.165, 1.54) is 18.7 Å². The van der Waals surface area contributed by atoms with Gasteiger partial charge in [-0.15, -0.1) is 0 Å². The van der Waals surface area contributed by atoms with Gasteiger partial charge in [-0.2, -0.15) is 0 Å². The lowest BCUT2D eigenvalue weighted by molar-refractivity contribution is -0.117. The minimum Gasteiger partial charge on any atom is -0.309 e. The van der Waals surface area contributed by atoms with Crippen LogP contribution in [0.5, 0.6) is 0 Å². The molecule has 2 heterocycles.